The summed E-state index contributed by atoms with van der Waals surface area (Å²) in [5, 5.41) is 1.14. The molecule has 2 aromatic heterocycles. The molecule has 1 saturated carbocycles. The Bertz CT molecular complexity index is 619. The van der Waals surface area contributed by atoms with Crippen molar-refractivity contribution in [2.24, 2.45) is 11.8 Å². The molecule has 0 bridgehead atoms. The molecule has 108 valence electrons. The molecule has 1 atom stereocenters. The van der Waals surface area contributed by atoms with Gasteiger partial charge in [-0.2, -0.15) is 4.98 Å². The Morgan fingerprint density at radius 1 is 1.50 bits per heavy atom. The first-order valence-electron chi connectivity index (χ1n) is 7.14. The van der Waals surface area contributed by atoms with Gasteiger partial charge in [0, 0.05) is 18.0 Å². The highest BCUT2D eigenvalue weighted by molar-refractivity contribution is 7.18. The lowest BCUT2D eigenvalue weighted by molar-refractivity contribution is 0.605. The number of nitrogen functional groups attached to an aromatic ring is 1. The van der Waals surface area contributed by atoms with Gasteiger partial charge in [0.1, 0.15) is 10.6 Å². The fraction of sp³-hybridized carbons (Fsp3) is 0.571. The van der Waals surface area contributed by atoms with Crippen molar-refractivity contribution >= 4 is 33.3 Å². The molecule has 0 amide bonds. The first kappa shape index (κ1) is 13.6. The number of nitrogens with one attached hydrogen (secondary N) is 1. The molecule has 1 aliphatic rings. The average molecular weight is 291 g/mol. The molecule has 0 spiro atoms. The summed E-state index contributed by atoms with van der Waals surface area (Å²) in [6.45, 7) is 4.44. The van der Waals surface area contributed by atoms with E-state index in [1.807, 2.05) is 0 Å². The predicted molar refractivity (Wildman–Crippen MR) is 85.2 cm³/mol. The number of nitrogens with zero attached hydrogens (tertiary/aromatic N) is 3. The Morgan fingerprint density at radius 2 is 2.25 bits per heavy atom. The number of fused-ring (bicyclic) bond motifs is 1. The van der Waals surface area contributed by atoms with Gasteiger partial charge in [-0.3, -0.25) is 5.43 Å². The summed E-state index contributed by atoms with van der Waals surface area (Å²) in [4.78, 5) is 13.7. The molecule has 1 unspecified atom stereocenters. The van der Waals surface area contributed by atoms with Crippen LogP contribution in [-0.2, 0) is 6.42 Å². The molecule has 3 N–H and O–H groups in total. The van der Waals surface area contributed by atoms with Crippen molar-refractivity contribution in [2.45, 2.75) is 39.2 Å². The molecule has 0 aliphatic heterocycles. The highest BCUT2D eigenvalue weighted by Crippen LogP contribution is 2.38. The van der Waals surface area contributed by atoms with Crippen molar-refractivity contribution in [3.05, 3.63) is 10.9 Å². The lowest BCUT2D eigenvalue weighted by atomic mass is 10.2. The van der Waals surface area contributed by atoms with Gasteiger partial charge in [0.2, 0.25) is 5.95 Å². The highest BCUT2D eigenvalue weighted by Gasteiger charge is 2.32. The fourth-order valence-corrected chi connectivity index (χ4v) is 3.51. The van der Waals surface area contributed by atoms with Crippen molar-refractivity contribution in [1.29, 1.82) is 0 Å². The van der Waals surface area contributed by atoms with Crippen molar-refractivity contribution in [3.8, 4) is 0 Å². The molecule has 5 nitrogen and oxygen atoms in total. The van der Waals surface area contributed by atoms with Gasteiger partial charge in [0.25, 0.3) is 0 Å². The lowest BCUT2D eigenvalue weighted by Crippen LogP contribution is -2.31. The fourth-order valence-electron chi connectivity index (χ4n) is 2.55. The zero-order valence-electron chi connectivity index (χ0n) is 12.2. The van der Waals surface area contributed by atoms with E-state index in [2.05, 4.69) is 47.3 Å². The molecular weight excluding hydrogens is 270 g/mol. The standard InChI is InChI=1S/C14H21N5S/c1-4-10-7-11-12(19(3)8(2)9-5-6-9)16-14(18-15)17-13(11)20-10/h7-9H,4-6,15H2,1-3H3,(H,16,17,18). The minimum absolute atomic E-state index is 0.492. The zero-order valence-corrected chi connectivity index (χ0v) is 13.0. The summed E-state index contributed by atoms with van der Waals surface area (Å²) in [6, 6.07) is 2.72. The number of aryl methyl sites for hydroxylation is 1. The minimum atomic E-state index is 0.492. The van der Waals surface area contributed by atoms with E-state index in [4.69, 9.17) is 5.84 Å². The van der Waals surface area contributed by atoms with Crippen molar-refractivity contribution in [2.75, 3.05) is 17.4 Å². The van der Waals surface area contributed by atoms with E-state index in [1.165, 1.54) is 17.7 Å². The Hall–Kier alpha value is -1.40. The third-order valence-electron chi connectivity index (χ3n) is 4.15. The van der Waals surface area contributed by atoms with Crippen LogP contribution in [0.3, 0.4) is 0 Å². The average Bonchev–Trinajstić information content (AvgIpc) is 3.23. The number of thiophene rings is 1. The molecule has 6 heteroatoms. The van der Waals surface area contributed by atoms with Gasteiger partial charge in [-0.15, -0.1) is 11.3 Å². The van der Waals surface area contributed by atoms with Crippen LogP contribution in [0.15, 0.2) is 6.07 Å². The first-order chi connectivity index (χ1) is 9.63. The normalized spacial score (nSPS) is 16.4. The van der Waals surface area contributed by atoms with Crippen LogP contribution >= 0.6 is 11.3 Å². The van der Waals surface area contributed by atoms with Gasteiger partial charge in [-0.25, -0.2) is 10.8 Å². The van der Waals surface area contributed by atoms with E-state index in [-0.39, 0.29) is 0 Å². The second-order valence-electron chi connectivity index (χ2n) is 5.49. The van der Waals surface area contributed by atoms with E-state index in [1.54, 1.807) is 11.3 Å². The zero-order chi connectivity index (χ0) is 14.3. The summed E-state index contributed by atoms with van der Waals surface area (Å²) < 4.78 is 0. The minimum Gasteiger partial charge on any atom is -0.356 e. The van der Waals surface area contributed by atoms with E-state index in [0.29, 0.717) is 12.0 Å². The monoisotopic (exact) mass is 291 g/mol. The van der Waals surface area contributed by atoms with E-state index in [9.17, 15) is 0 Å². The predicted octanol–water partition coefficient (Wildman–Crippen LogP) is 2.77. The maximum absolute atomic E-state index is 5.51. The van der Waals surface area contributed by atoms with Gasteiger partial charge in [0.05, 0.1) is 5.39 Å². The molecule has 2 heterocycles. The maximum atomic E-state index is 5.51. The van der Waals surface area contributed by atoms with Gasteiger partial charge in [-0.05, 0) is 38.2 Å². The molecule has 0 aromatic carbocycles. The molecule has 3 rings (SSSR count). The first-order valence-corrected chi connectivity index (χ1v) is 7.95. The number of aromatic nitrogens is 2. The van der Waals surface area contributed by atoms with Crippen LogP contribution in [0.2, 0.25) is 0 Å². The Morgan fingerprint density at radius 3 is 2.85 bits per heavy atom. The van der Waals surface area contributed by atoms with Crippen LogP contribution in [0.1, 0.15) is 31.6 Å². The molecule has 20 heavy (non-hydrogen) atoms. The van der Waals surface area contributed by atoms with Crippen molar-refractivity contribution in [1.82, 2.24) is 9.97 Å². The Kier molecular flexibility index (Phi) is 3.52. The number of hydrogen-bond acceptors (Lipinski definition) is 6. The van der Waals surface area contributed by atoms with Crippen molar-refractivity contribution in [3.63, 3.8) is 0 Å². The third kappa shape index (κ3) is 2.33. The van der Waals surface area contributed by atoms with Crippen LogP contribution in [0.4, 0.5) is 11.8 Å². The number of rotatable bonds is 5. The number of hydrogen-bond donors (Lipinski definition) is 2. The van der Waals surface area contributed by atoms with Gasteiger partial charge < -0.3 is 4.90 Å². The number of hydrazine groups is 1. The summed E-state index contributed by atoms with van der Waals surface area (Å²) >= 11 is 1.72. The number of anilines is 2. The topological polar surface area (TPSA) is 67.1 Å². The van der Waals surface area contributed by atoms with Crippen molar-refractivity contribution < 1.29 is 0 Å². The Balaban J connectivity index is 2.08. The van der Waals surface area contributed by atoms with Crippen LogP contribution in [-0.4, -0.2) is 23.1 Å². The number of nitrogens with two attached hydrogens (primary N) is 1. The second-order valence-corrected chi connectivity index (χ2v) is 6.60. The third-order valence-corrected chi connectivity index (χ3v) is 5.32. The SMILES string of the molecule is CCc1cc2c(N(C)C(C)C3CC3)nc(NN)nc2s1. The molecule has 2 aromatic rings. The van der Waals surface area contributed by atoms with Crippen LogP contribution in [0.5, 0.6) is 0 Å². The molecule has 0 radical (unpaired) electrons. The molecule has 1 fully saturated rings. The molecule has 1 aliphatic carbocycles. The van der Waals surface area contributed by atoms with Crippen LogP contribution < -0.4 is 16.2 Å². The lowest BCUT2D eigenvalue weighted by Gasteiger charge is -2.26. The summed E-state index contributed by atoms with van der Waals surface area (Å²) in [5.41, 5.74) is 2.58. The van der Waals surface area contributed by atoms with Gasteiger partial charge in [-0.1, -0.05) is 6.92 Å². The van der Waals surface area contributed by atoms with E-state index < -0.39 is 0 Å². The van der Waals surface area contributed by atoms with Gasteiger partial charge in [0.15, 0.2) is 0 Å². The molecule has 0 saturated heterocycles. The van der Waals surface area contributed by atoms with E-state index >= 15 is 0 Å². The summed E-state index contributed by atoms with van der Waals surface area (Å²) in [6.07, 6.45) is 3.67. The van der Waals surface area contributed by atoms with Crippen LogP contribution in [0.25, 0.3) is 10.2 Å². The smallest absolute Gasteiger partial charge is 0.240 e. The highest BCUT2D eigenvalue weighted by atomic mass is 32.1. The summed E-state index contributed by atoms with van der Waals surface area (Å²) in [5.74, 6) is 7.78. The second kappa shape index (κ2) is 5.18. The molecular formula is C14H21N5S. The largest absolute Gasteiger partial charge is 0.356 e. The van der Waals surface area contributed by atoms with Crippen LogP contribution in [0, 0.1) is 5.92 Å². The van der Waals surface area contributed by atoms with E-state index in [0.717, 1.165) is 28.4 Å². The van der Waals surface area contributed by atoms with Gasteiger partial charge >= 0.3 is 0 Å². The quantitative estimate of drug-likeness (QED) is 0.655. The summed E-state index contributed by atoms with van der Waals surface area (Å²) in [7, 11) is 2.12. The Labute approximate surface area is 123 Å². The maximum Gasteiger partial charge on any atom is 0.240 e.